The van der Waals surface area contributed by atoms with Crippen molar-refractivity contribution in [3.8, 4) is 17.2 Å². The molecule has 0 radical (unpaired) electrons. The molecule has 0 bridgehead atoms. The van der Waals surface area contributed by atoms with Crippen LogP contribution < -0.4 is 16.6 Å². The van der Waals surface area contributed by atoms with Crippen molar-refractivity contribution in [2.24, 2.45) is 0 Å². The molecular formula is C21H20N6O5. The number of carbonyl (C=O) groups is 1. The van der Waals surface area contributed by atoms with Crippen LogP contribution >= 0.6 is 0 Å². The fourth-order valence-electron chi connectivity index (χ4n) is 3.03. The van der Waals surface area contributed by atoms with Crippen molar-refractivity contribution in [3.63, 3.8) is 0 Å². The zero-order valence-electron chi connectivity index (χ0n) is 17.4. The van der Waals surface area contributed by atoms with Gasteiger partial charge in [-0.05, 0) is 38.1 Å². The van der Waals surface area contributed by atoms with Gasteiger partial charge in [0.05, 0.1) is 12.0 Å². The van der Waals surface area contributed by atoms with Crippen molar-refractivity contribution in [2.75, 3.05) is 6.54 Å². The summed E-state index contributed by atoms with van der Waals surface area (Å²) in [7, 11) is 0. The van der Waals surface area contributed by atoms with Crippen LogP contribution in [0.15, 0.2) is 61.2 Å². The molecular weight excluding hydrogens is 416 g/mol. The predicted molar refractivity (Wildman–Crippen MR) is 113 cm³/mol. The Kier molecular flexibility index (Phi) is 5.79. The summed E-state index contributed by atoms with van der Waals surface area (Å²) in [6, 6.07) is 10.6. The van der Waals surface area contributed by atoms with E-state index in [1.165, 1.54) is 0 Å². The third kappa shape index (κ3) is 4.13. The number of nitrogens with zero attached hydrogens (tertiary/aromatic N) is 5. The highest BCUT2D eigenvalue weighted by atomic mass is 16.5. The number of nitrogens with one attached hydrogen (secondary N) is 1. The van der Waals surface area contributed by atoms with E-state index in [0.29, 0.717) is 18.7 Å². The number of aryl methyl sites for hydroxylation is 1. The highest BCUT2D eigenvalue weighted by Gasteiger charge is 2.22. The highest BCUT2D eigenvalue weighted by molar-refractivity contribution is 5.89. The first kappa shape index (κ1) is 21.0. The minimum Gasteiger partial charge on any atom is -0.469 e. The van der Waals surface area contributed by atoms with Gasteiger partial charge in [0.2, 0.25) is 5.82 Å². The Morgan fingerprint density at radius 3 is 2.62 bits per heavy atom. The highest BCUT2D eigenvalue weighted by Crippen LogP contribution is 2.11. The average Bonchev–Trinajstić information content (AvgIpc) is 3.47. The molecule has 11 heteroatoms. The zero-order chi connectivity index (χ0) is 22.7. The van der Waals surface area contributed by atoms with Gasteiger partial charge in [0.15, 0.2) is 5.69 Å². The third-order valence-corrected chi connectivity index (χ3v) is 4.72. The summed E-state index contributed by atoms with van der Waals surface area (Å²) in [6.07, 6.45) is 2.04. The molecule has 32 heavy (non-hydrogen) atoms. The zero-order valence-corrected chi connectivity index (χ0v) is 17.4. The summed E-state index contributed by atoms with van der Waals surface area (Å²) >= 11 is 0. The average molecular weight is 436 g/mol. The molecule has 1 N–H and O–H groups in total. The van der Waals surface area contributed by atoms with E-state index in [1.54, 1.807) is 37.5 Å². The number of furan rings is 1. The van der Waals surface area contributed by atoms with Crippen LogP contribution in [0.5, 0.6) is 0 Å². The molecule has 0 spiro atoms. The van der Waals surface area contributed by atoms with E-state index in [9.17, 15) is 14.4 Å². The fourth-order valence-corrected chi connectivity index (χ4v) is 3.03. The smallest absolute Gasteiger partial charge is 0.352 e. The fraction of sp³-hybridized carbons (Fsp3) is 0.238. The number of hydrogen-bond acceptors (Lipinski definition) is 8. The van der Waals surface area contributed by atoms with Crippen molar-refractivity contribution in [2.45, 2.75) is 26.8 Å². The van der Waals surface area contributed by atoms with Crippen LogP contribution in [-0.2, 0) is 13.0 Å². The maximum atomic E-state index is 12.8. The Bertz CT molecular complexity index is 1350. The molecule has 0 aliphatic heterocycles. The minimum absolute atomic E-state index is 0.122. The normalized spacial score (nSPS) is 10.9. The van der Waals surface area contributed by atoms with E-state index < -0.39 is 17.2 Å². The first-order valence-electron chi connectivity index (χ1n) is 9.93. The standard InChI is InChI=1S/C21H20N6O5/c1-3-26-20(29)16(24-27(21(26)30)14-8-6-13(2)7-9-14)17-23-19(32-25-17)18(28)22-11-10-15-5-4-12-31-15/h4-9,12H,3,10-11H2,1-2H3,(H,22,28). The van der Waals surface area contributed by atoms with Crippen LogP contribution in [0.4, 0.5) is 0 Å². The Morgan fingerprint density at radius 2 is 1.94 bits per heavy atom. The van der Waals surface area contributed by atoms with Crippen LogP contribution in [0.1, 0.15) is 28.9 Å². The van der Waals surface area contributed by atoms with E-state index >= 15 is 0 Å². The van der Waals surface area contributed by atoms with E-state index in [1.807, 2.05) is 19.1 Å². The van der Waals surface area contributed by atoms with E-state index in [-0.39, 0.29) is 24.0 Å². The molecule has 11 nitrogen and oxygen atoms in total. The second-order valence-corrected chi connectivity index (χ2v) is 6.94. The number of benzene rings is 1. The Balaban J connectivity index is 1.63. The van der Waals surface area contributed by atoms with Crippen LogP contribution in [0.2, 0.25) is 0 Å². The summed E-state index contributed by atoms with van der Waals surface area (Å²) in [6.45, 7) is 4.00. The first-order valence-corrected chi connectivity index (χ1v) is 9.93. The maximum absolute atomic E-state index is 12.8. The van der Waals surface area contributed by atoms with Crippen molar-refractivity contribution >= 4 is 5.91 Å². The lowest BCUT2D eigenvalue weighted by atomic mass is 10.2. The van der Waals surface area contributed by atoms with E-state index in [0.717, 1.165) is 20.6 Å². The summed E-state index contributed by atoms with van der Waals surface area (Å²) < 4.78 is 12.3. The largest absolute Gasteiger partial charge is 0.469 e. The molecule has 1 amide bonds. The van der Waals surface area contributed by atoms with Gasteiger partial charge in [-0.1, -0.05) is 22.9 Å². The number of carbonyl (C=O) groups excluding carboxylic acids is 1. The molecule has 0 aliphatic carbocycles. The van der Waals surface area contributed by atoms with Crippen LogP contribution in [0.3, 0.4) is 0 Å². The summed E-state index contributed by atoms with van der Waals surface area (Å²) in [5, 5.41) is 10.5. The predicted octanol–water partition coefficient (Wildman–Crippen LogP) is 1.34. The second-order valence-electron chi connectivity index (χ2n) is 6.94. The topological polar surface area (TPSA) is 138 Å². The van der Waals surface area contributed by atoms with E-state index in [4.69, 9.17) is 8.94 Å². The van der Waals surface area contributed by atoms with Gasteiger partial charge in [-0.2, -0.15) is 14.8 Å². The van der Waals surface area contributed by atoms with Crippen molar-refractivity contribution in [3.05, 3.63) is 80.7 Å². The van der Waals surface area contributed by atoms with Gasteiger partial charge in [-0.3, -0.25) is 14.2 Å². The van der Waals surface area contributed by atoms with Gasteiger partial charge in [0.1, 0.15) is 5.76 Å². The number of aromatic nitrogens is 5. The molecule has 0 saturated heterocycles. The Hall–Kier alpha value is -4.28. The molecule has 164 valence electrons. The Labute approximate surface area is 181 Å². The number of hydrogen-bond donors (Lipinski definition) is 1. The summed E-state index contributed by atoms with van der Waals surface area (Å²) in [5.41, 5.74) is 0.0106. The monoisotopic (exact) mass is 436 g/mol. The SMILES string of the molecule is CCn1c(=O)c(-c2noc(C(=O)NCCc3ccco3)n2)nn(-c2ccc(C)cc2)c1=O. The summed E-state index contributed by atoms with van der Waals surface area (Å²) in [4.78, 5) is 41.9. The van der Waals surface area contributed by atoms with Crippen LogP contribution in [0, 0.1) is 6.92 Å². The van der Waals surface area contributed by atoms with Crippen LogP contribution in [0.25, 0.3) is 17.2 Å². The molecule has 0 unspecified atom stereocenters. The first-order chi connectivity index (χ1) is 15.5. The van der Waals surface area contributed by atoms with Gasteiger partial charge in [-0.25, -0.2) is 4.79 Å². The van der Waals surface area contributed by atoms with Gasteiger partial charge < -0.3 is 14.3 Å². The lowest BCUT2D eigenvalue weighted by molar-refractivity contribution is 0.0910. The second kappa shape index (κ2) is 8.84. The van der Waals surface area contributed by atoms with Gasteiger partial charge in [0, 0.05) is 19.5 Å². The van der Waals surface area contributed by atoms with Gasteiger partial charge in [0.25, 0.3) is 5.56 Å². The van der Waals surface area contributed by atoms with Gasteiger partial charge in [-0.15, -0.1) is 0 Å². The molecule has 3 aromatic heterocycles. The Morgan fingerprint density at radius 1 is 1.16 bits per heavy atom. The summed E-state index contributed by atoms with van der Waals surface area (Å²) in [5.74, 6) is -0.386. The molecule has 1 aromatic carbocycles. The molecule has 4 aromatic rings. The molecule has 4 rings (SSSR count). The maximum Gasteiger partial charge on any atom is 0.352 e. The molecule has 0 fully saturated rings. The minimum atomic E-state index is -0.675. The van der Waals surface area contributed by atoms with E-state index in [2.05, 4.69) is 20.6 Å². The number of rotatable bonds is 7. The van der Waals surface area contributed by atoms with Gasteiger partial charge >= 0.3 is 17.5 Å². The molecule has 0 atom stereocenters. The lowest BCUT2D eigenvalue weighted by Gasteiger charge is -2.09. The molecule has 3 heterocycles. The molecule has 0 saturated carbocycles. The number of amides is 1. The van der Waals surface area contributed by atoms with Crippen molar-refractivity contribution in [1.82, 2.24) is 29.8 Å². The van der Waals surface area contributed by atoms with Crippen molar-refractivity contribution in [1.29, 1.82) is 0 Å². The third-order valence-electron chi connectivity index (χ3n) is 4.72. The lowest BCUT2D eigenvalue weighted by Crippen LogP contribution is -2.41. The van der Waals surface area contributed by atoms with Crippen molar-refractivity contribution < 1.29 is 13.7 Å². The quantitative estimate of drug-likeness (QED) is 0.458. The molecule has 0 aliphatic rings. The van der Waals surface area contributed by atoms with Crippen LogP contribution in [-0.4, -0.2) is 36.9 Å².